The summed E-state index contributed by atoms with van der Waals surface area (Å²) in [5.41, 5.74) is 0.785. The summed E-state index contributed by atoms with van der Waals surface area (Å²) in [6.45, 7) is 2.56. The molecule has 0 saturated carbocycles. The summed E-state index contributed by atoms with van der Waals surface area (Å²) in [7, 11) is 1.70. The Hall–Kier alpha value is -1.95. The molecule has 1 heterocycles. The fraction of sp³-hybridized carbons (Fsp3) is 0.250. The summed E-state index contributed by atoms with van der Waals surface area (Å²) in [6.07, 6.45) is 0. The Kier molecular flexibility index (Phi) is 4.11. The van der Waals surface area contributed by atoms with Gasteiger partial charge < -0.3 is 10.2 Å². The van der Waals surface area contributed by atoms with Crippen molar-refractivity contribution in [3.8, 4) is 0 Å². The first-order valence-corrected chi connectivity index (χ1v) is 6.14. The molecule has 0 fully saturated rings. The number of aromatic nitrogens is 3. The van der Waals surface area contributed by atoms with Crippen LogP contribution in [0.25, 0.3) is 0 Å². The second-order valence-corrected chi connectivity index (χ2v) is 4.04. The highest BCUT2D eigenvalue weighted by molar-refractivity contribution is 6.28. The Balaban J connectivity index is 2.41. The lowest BCUT2D eigenvalue weighted by Crippen LogP contribution is -2.19. The standard InChI is InChI=1S/C12H13ClFN5/c1-3-19(9-6-4-8(14)5-7-9)12-17-10(13)16-11(15-2)18-12/h4-7H,3H2,1-2H3,(H,15,16,17,18). The van der Waals surface area contributed by atoms with E-state index in [4.69, 9.17) is 11.6 Å². The maximum absolute atomic E-state index is 12.9. The zero-order chi connectivity index (χ0) is 13.8. The average molecular weight is 282 g/mol. The zero-order valence-corrected chi connectivity index (χ0v) is 11.3. The summed E-state index contributed by atoms with van der Waals surface area (Å²) in [5.74, 6) is 0.512. The molecule has 0 amide bonds. The highest BCUT2D eigenvalue weighted by atomic mass is 35.5. The minimum atomic E-state index is -0.288. The molecule has 7 heteroatoms. The van der Waals surface area contributed by atoms with Gasteiger partial charge in [0, 0.05) is 19.3 Å². The summed E-state index contributed by atoms with van der Waals surface area (Å²) in [6, 6.07) is 6.10. The molecule has 0 atom stereocenters. The molecule has 0 bridgehead atoms. The molecule has 0 unspecified atom stereocenters. The molecule has 0 aliphatic carbocycles. The molecule has 1 aromatic carbocycles. The number of rotatable bonds is 4. The Morgan fingerprint density at radius 2 is 1.89 bits per heavy atom. The summed E-state index contributed by atoms with van der Waals surface area (Å²) in [5, 5.41) is 2.92. The number of benzene rings is 1. The van der Waals surface area contributed by atoms with Crippen LogP contribution in [0.1, 0.15) is 6.92 Å². The van der Waals surface area contributed by atoms with Crippen molar-refractivity contribution in [2.45, 2.75) is 6.92 Å². The van der Waals surface area contributed by atoms with E-state index >= 15 is 0 Å². The molecule has 2 aromatic rings. The zero-order valence-electron chi connectivity index (χ0n) is 10.6. The van der Waals surface area contributed by atoms with Crippen molar-refractivity contribution in [1.29, 1.82) is 0 Å². The van der Waals surface area contributed by atoms with Crippen molar-refractivity contribution in [3.63, 3.8) is 0 Å². The van der Waals surface area contributed by atoms with Crippen LogP contribution in [0, 0.1) is 5.82 Å². The van der Waals surface area contributed by atoms with E-state index in [-0.39, 0.29) is 11.1 Å². The molecule has 1 aromatic heterocycles. The monoisotopic (exact) mass is 281 g/mol. The lowest BCUT2D eigenvalue weighted by atomic mass is 10.3. The van der Waals surface area contributed by atoms with Crippen molar-refractivity contribution in [2.75, 3.05) is 23.8 Å². The minimum absolute atomic E-state index is 0.106. The van der Waals surface area contributed by atoms with Gasteiger partial charge in [-0.3, -0.25) is 0 Å². The van der Waals surface area contributed by atoms with Crippen LogP contribution in [0.5, 0.6) is 0 Å². The molecule has 2 rings (SSSR count). The quantitative estimate of drug-likeness (QED) is 0.934. The molecule has 5 nitrogen and oxygen atoms in total. The van der Waals surface area contributed by atoms with E-state index < -0.39 is 0 Å². The van der Waals surface area contributed by atoms with Gasteiger partial charge in [0.1, 0.15) is 5.82 Å². The third kappa shape index (κ3) is 3.08. The van der Waals surface area contributed by atoms with Crippen molar-refractivity contribution in [3.05, 3.63) is 35.4 Å². The Morgan fingerprint density at radius 3 is 2.47 bits per heavy atom. The van der Waals surface area contributed by atoms with Gasteiger partial charge in [-0.2, -0.15) is 15.0 Å². The van der Waals surface area contributed by atoms with Crippen molar-refractivity contribution in [1.82, 2.24) is 15.0 Å². The van der Waals surface area contributed by atoms with Crippen molar-refractivity contribution < 1.29 is 4.39 Å². The Morgan fingerprint density at radius 1 is 1.21 bits per heavy atom. The number of nitrogens with one attached hydrogen (secondary N) is 1. The molecule has 0 aliphatic rings. The van der Waals surface area contributed by atoms with Crippen LogP contribution in [-0.2, 0) is 0 Å². The van der Waals surface area contributed by atoms with Crippen LogP contribution in [0.15, 0.2) is 24.3 Å². The van der Waals surface area contributed by atoms with E-state index in [1.807, 2.05) is 11.8 Å². The lowest BCUT2D eigenvalue weighted by Gasteiger charge is -2.21. The highest BCUT2D eigenvalue weighted by Crippen LogP contribution is 2.23. The van der Waals surface area contributed by atoms with Crippen LogP contribution in [0.2, 0.25) is 5.28 Å². The van der Waals surface area contributed by atoms with E-state index in [0.29, 0.717) is 18.4 Å². The van der Waals surface area contributed by atoms with E-state index in [1.165, 1.54) is 12.1 Å². The Labute approximate surface area is 115 Å². The van der Waals surface area contributed by atoms with E-state index in [1.54, 1.807) is 19.2 Å². The third-order valence-corrected chi connectivity index (χ3v) is 2.68. The van der Waals surface area contributed by atoms with Crippen LogP contribution < -0.4 is 10.2 Å². The number of nitrogens with zero attached hydrogens (tertiary/aromatic N) is 4. The molecular formula is C12H13ClFN5. The van der Waals surface area contributed by atoms with E-state index in [0.717, 1.165) is 5.69 Å². The fourth-order valence-corrected chi connectivity index (χ4v) is 1.79. The molecule has 0 spiro atoms. The summed E-state index contributed by atoms with van der Waals surface area (Å²) < 4.78 is 12.9. The van der Waals surface area contributed by atoms with Crippen LogP contribution in [-0.4, -0.2) is 28.5 Å². The van der Waals surface area contributed by atoms with Gasteiger partial charge in [0.15, 0.2) is 0 Å². The summed E-state index contributed by atoms with van der Waals surface area (Å²) >= 11 is 5.85. The van der Waals surface area contributed by atoms with E-state index in [2.05, 4.69) is 20.3 Å². The van der Waals surface area contributed by atoms with Crippen molar-refractivity contribution >= 4 is 29.2 Å². The van der Waals surface area contributed by atoms with Crippen LogP contribution >= 0.6 is 11.6 Å². The molecular weight excluding hydrogens is 269 g/mol. The normalized spacial score (nSPS) is 10.3. The summed E-state index contributed by atoms with van der Waals surface area (Å²) in [4.78, 5) is 14.1. The molecule has 0 radical (unpaired) electrons. The minimum Gasteiger partial charge on any atom is -0.357 e. The van der Waals surface area contributed by atoms with Gasteiger partial charge in [-0.25, -0.2) is 4.39 Å². The topological polar surface area (TPSA) is 53.9 Å². The van der Waals surface area contributed by atoms with Gasteiger partial charge in [-0.15, -0.1) is 0 Å². The highest BCUT2D eigenvalue weighted by Gasteiger charge is 2.13. The second kappa shape index (κ2) is 5.79. The van der Waals surface area contributed by atoms with Crippen LogP contribution in [0.3, 0.4) is 0 Å². The van der Waals surface area contributed by atoms with E-state index in [9.17, 15) is 4.39 Å². The van der Waals surface area contributed by atoms with Gasteiger partial charge in [0.2, 0.25) is 17.2 Å². The largest absolute Gasteiger partial charge is 0.357 e. The smallest absolute Gasteiger partial charge is 0.236 e. The number of hydrogen-bond donors (Lipinski definition) is 1. The number of anilines is 3. The number of halogens is 2. The third-order valence-electron chi connectivity index (χ3n) is 2.52. The maximum atomic E-state index is 12.9. The molecule has 19 heavy (non-hydrogen) atoms. The molecule has 0 saturated heterocycles. The average Bonchev–Trinajstić information content (AvgIpc) is 2.41. The first-order chi connectivity index (χ1) is 9.13. The first kappa shape index (κ1) is 13.5. The second-order valence-electron chi connectivity index (χ2n) is 3.70. The molecule has 1 N–H and O–H groups in total. The predicted molar refractivity (Wildman–Crippen MR) is 73.5 cm³/mol. The molecule has 100 valence electrons. The lowest BCUT2D eigenvalue weighted by molar-refractivity contribution is 0.627. The van der Waals surface area contributed by atoms with Gasteiger partial charge in [-0.1, -0.05) is 0 Å². The predicted octanol–water partition coefficient (Wildman–Crippen LogP) is 2.86. The van der Waals surface area contributed by atoms with Gasteiger partial charge >= 0.3 is 0 Å². The Bertz CT molecular complexity index is 561. The maximum Gasteiger partial charge on any atom is 0.236 e. The molecule has 0 aliphatic heterocycles. The van der Waals surface area contributed by atoms with Gasteiger partial charge in [-0.05, 0) is 42.8 Å². The SMILES string of the molecule is CCN(c1ccc(F)cc1)c1nc(Cl)nc(NC)n1. The van der Waals surface area contributed by atoms with Gasteiger partial charge in [0.05, 0.1) is 0 Å². The van der Waals surface area contributed by atoms with Gasteiger partial charge in [0.25, 0.3) is 0 Å². The van der Waals surface area contributed by atoms with Crippen LogP contribution in [0.4, 0.5) is 22.0 Å². The number of hydrogen-bond acceptors (Lipinski definition) is 5. The fourth-order valence-electron chi connectivity index (χ4n) is 1.63. The van der Waals surface area contributed by atoms with Crippen molar-refractivity contribution in [2.24, 2.45) is 0 Å². The first-order valence-electron chi connectivity index (χ1n) is 5.76.